The Morgan fingerprint density at radius 2 is 1.31 bits per heavy atom. The fourth-order valence-corrected chi connectivity index (χ4v) is 0.270. The van der Waals surface area contributed by atoms with Gasteiger partial charge in [0, 0.05) is 0 Å². The van der Waals surface area contributed by atoms with E-state index in [4.69, 9.17) is 20.4 Å². The Bertz CT molecular complexity index is 169. The van der Waals surface area contributed by atoms with E-state index in [0.29, 0.717) is 0 Å². The van der Waals surface area contributed by atoms with Gasteiger partial charge in [-0.3, -0.25) is 0 Å². The lowest BCUT2D eigenvalue weighted by Crippen LogP contribution is -2.39. The summed E-state index contributed by atoms with van der Waals surface area (Å²) in [6.45, 7) is 5.25. The molecule has 2 unspecified atom stereocenters. The Kier molecular flexibility index (Phi) is 7.90. The summed E-state index contributed by atoms with van der Waals surface area (Å²) in [5, 5.41) is 32.5. The number of allylic oxidation sites excluding steroid dienone is 1. The van der Waals surface area contributed by atoms with E-state index in [9.17, 15) is 9.59 Å². The van der Waals surface area contributed by atoms with E-state index in [1.807, 2.05) is 6.92 Å². The van der Waals surface area contributed by atoms with Crippen LogP contribution in [0.3, 0.4) is 0 Å². The lowest BCUT2D eigenvalue weighted by Gasteiger charge is -2.07. The molecule has 0 heterocycles. The smallest absolute Gasteiger partial charge is 0.335 e. The average Bonchev–Trinajstić information content (AvgIpc) is 2.03. The molecule has 0 radical (unpaired) electrons. The van der Waals surface area contributed by atoms with E-state index in [-0.39, 0.29) is 0 Å². The fraction of sp³-hybridized carbons (Fsp3) is 0.429. The van der Waals surface area contributed by atoms with Gasteiger partial charge in [-0.1, -0.05) is 6.08 Å². The largest absolute Gasteiger partial charge is 0.479 e. The van der Waals surface area contributed by atoms with Gasteiger partial charge in [-0.25, -0.2) is 9.59 Å². The van der Waals surface area contributed by atoms with E-state index in [0.717, 1.165) is 0 Å². The normalized spacial score (nSPS) is 13.2. The maximum atomic E-state index is 9.77. The Balaban J connectivity index is 0. The number of aliphatic carboxylic acids is 2. The van der Waals surface area contributed by atoms with Crippen LogP contribution in [-0.4, -0.2) is 44.6 Å². The van der Waals surface area contributed by atoms with Crippen molar-refractivity contribution in [2.45, 2.75) is 19.1 Å². The molecule has 0 spiro atoms. The summed E-state index contributed by atoms with van der Waals surface area (Å²) in [4.78, 5) is 19.5. The third-order valence-corrected chi connectivity index (χ3v) is 0.805. The molecule has 0 aromatic rings. The first-order valence-corrected chi connectivity index (χ1v) is 3.27. The van der Waals surface area contributed by atoms with Crippen LogP contribution in [0.5, 0.6) is 0 Å². The molecule has 0 aliphatic carbocycles. The number of hydrogen-bond acceptors (Lipinski definition) is 4. The molecule has 6 heteroatoms. The minimum Gasteiger partial charge on any atom is -0.479 e. The molecular formula is C7H12O6. The third-order valence-electron chi connectivity index (χ3n) is 0.805. The Morgan fingerprint density at radius 1 is 1.15 bits per heavy atom. The molecule has 13 heavy (non-hydrogen) atoms. The van der Waals surface area contributed by atoms with Gasteiger partial charge >= 0.3 is 11.9 Å². The van der Waals surface area contributed by atoms with Crippen LogP contribution in [0.2, 0.25) is 0 Å². The van der Waals surface area contributed by atoms with Crippen molar-refractivity contribution in [2.75, 3.05) is 0 Å². The number of aliphatic hydroxyl groups excluding tert-OH is 2. The minimum absolute atomic E-state index is 1.75. The third kappa shape index (κ3) is 6.98. The van der Waals surface area contributed by atoms with Crippen LogP contribution < -0.4 is 0 Å². The van der Waals surface area contributed by atoms with Gasteiger partial charge < -0.3 is 20.4 Å². The topological polar surface area (TPSA) is 115 Å². The molecule has 0 saturated heterocycles. The summed E-state index contributed by atoms with van der Waals surface area (Å²) in [5.41, 5.74) is 0. The van der Waals surface area contributed by atoms with Crippen molar-refractivity contribution in [1.82, 2.24) is 0 Å². The van der Waals surface area contributed by atoms with Crippen molar-refractivity contribution in [3.8, 4) is 0 Å². The van der Waals surface area contributed by atoms with Crippen LogP contribution in [0, 0.1) is 0 Å². The van der Waals surface area contributed by atoms with Gasteiger partial charge in [-0.15, -0.1) is 6.58 Å². The quantitative estimate of drug-likeness (QED) is 0.429. The molecule has 0 aliphatic heterocycles. The molecule has 0 aliphatic rings. The molecule has 0 aromatic carbocycles. The standard InChI is InChI=1S/C4H6O6.C3H6/c5-1(3(7)8)2(6)4(9)10;1-3-2/h1-2,5-6H,(H,7,8)(H,9,10);3H,1H2,2H3. The van der Waals surface area contributed by atoms with Crippen molar-refractivity contribution in [1.29, 1.82) is 0 Å². The van der Waals surface area contributed by atoms with Gasteiger partial charge in [0.1, 0.15) is 0 Å². The minimum atomic E-state index is -2.27. The second kappa shape index (κ2) is 7.26. The first-order valence-electron chi connectivity index (χ1n) is 3.27. The number of carboxylic acids is 2. The first-order chi connectivity index (χ1) is 5.88. The molecule has 76 valence electrons. The molecule has 4 N–H and O–H groups in total. The zero-order chi connectivity index (χ0) is 11.0. The van der Waals surface area contributed by atoms with Gasteiger partial charge in [0.25, 0.3) is 0 Å². The number of carboxylic acid groups (broad SMARTS) is 2. The second-order valence-corrected chi connectivity index (χ2v) is 1.97. The highest BCUT2D eigenvalue weighted by Gasteiger charge is 2.29. The summed E-state index contributed by atoms with van der Waals surface area (Å²) in [6, 6.07) is 0. The van der Waals surface area contributed by atoms with Crippen LogP contribution in [0.4, 0.5) is 0 Å². The van der Waals surface area contributed by atoms with Gasteiger partial charge in [-0.2, -0.15) is 0 Å². The van der Waals surface area contributed by atoms with Gasteiger partial charge in [0.2, 0.25) is 0 Å². The maximum Gasteiger partial charge on any atom is 0.335 e. The van der Waals surface area contributed by atoms with E-state index in [1.54, 1.807) is 6.08 Å². The highest BCUT2D eigenvalue weighted by atomic mass is 16.4. The molecular weight excluding hydrogens is 180 g/mol. The Morgan fingerprint density at radius 3 is 1.38 bits per heavy atom. The molecule has 0 fully saturated rings. The lowest BCUT2D eigenvalue weighted by atomic mass is 10.2. The zero-order valence-corrected chi connectivity index (χ0v) is 7.04. The highest BCUT2D eigenvalue weighted by Crippen LogP contribution is 1.92. The highest BCUT2D eigenvalue weighted by molar-refractivity contribution is 5.82. The predicted octanol–water partition coefficient (Wildman–Crippen LogP) is -0.930. The lowest BCUT2D eigenvalue weighted by molar-refractivity contribution is -0.165. The second-order valence-electron chi connectivity index (χ2n) is 1.97. The summed E-state index contributed by atoms with van der Waals surface area (Å²) in [6.07, 6.45) is -2.78. The van der Waals surface area contributed by atoms with Gasteiger partial charge in [0.15, 0.2) is 12.2 Å². The number of rotatable bonds is 3. The van der Waals surface area contributed by atoms with Gasteiger partial charge in [-0.05, 0) is 6.92 Å². The monoisotopic (exact) mass is 192 g/mol. The van der Waals surface area contributed by atoms with Crippen LogP contribution >= 0.6 is 0 Å². The van der Waals surface area contributed by atoms with E-state index < -0.39 is 24.1 Å². The Hall–Kier alpha value is -1.40. The number of aliphatic hydroxyl groups is 2. The maximum absolute atomic E-state index is 9.77. The summed E-state index contributed by atoms with van der Waals surface area (Å²) in [7, 11) is 0. The van der Waals surface area contributed by atoms with E-state index in [2.05, 4.69) is 6.58 Å². The number of hydrogen-bond donors (Lipinski definition) is 4. The summed E-state index contributed by atoms with van der Waals surface area (Å²) >= 11 is 0. The van der Waals surface area contributed by atoms with Crippen molar-refractivity contribution in [3.63, 3.8) is 0 Å². The van der Waals surface area contributed by atoms with Crippen molar-refractivity contribution < 1.29 is 30.0 Å². The van der Waals surface area contributed by atoms with Crippen LogP contribution in [0.25, 0.3) is 0 Å². The Labute approximate surface area is 74.7 Å². The number of carbonyl (C=O) groups is 2. The van der Waals surface area contributed by atoms with Crippen LogP contribution in [0.15, 0.2) is 12.7 Å². The van der Waals surface area contributed by atoms with E-state index in [1.165, 1.54) is 0 Å². The molecule has 0 saturated carbocycles. The molecule has 0 amide bonds. The van der Waals surface area contributed by atoms with Crippen LogP contribution in [-0.2, 0) is 9.59 Å². The van der Waals surface area contributed by atoms with Crippen molar-refractivity contribution >= 4 is 11.9 Å². The molecule has 0 aromatic heterocycles. The van der Waals surface area contributed by atoms with Gasteiger partial charge in [0.05, 0.1) is 0 Å². The van der Waals surface area contributed by atoms with Crippen molar-refractivity contribution in [2.24, 2.45) is 0 Å². The van der Waals surface area contributed by atoms with Crippen molar-refractivity contribution in [3.05, 3.63) is 12.7 Å². The summed E-state index contributed by atoms with van der Waals surface area (Å²) < 4.78 is 0. The first kappa shape index (κ1) is 14.1. The molecule has 6 nitrogen and oxygen atoms in total. The fourth-order valence-electron chi connectivity index (χ4n) is 0.270. The van der Waals surface area contributed by atoms with Crippen LogP contribution in [0.1, 0.15) is 6.92 Å². The average molecular weight is 192 g/mol. The summed E-state index contributed by atoms with van der Waals surface area (Å²) in [5.74, 6) is -3.54. The molecule has 2 atom stereocenters. The zero-order valence-electron chi connectivity index (χ0n) is 7.04. The molecule has 0 rings (SSSR count). The molecule has 0 bridgehead atoms. The predicted molar refractivity (Wildman–Crippen MR) is 43.2 cm³/mol. The SMILES string of the molecule is C=CC.O=C(O)C(O)C(O)C(=O)O. The van der Waals surface area contributed by atoms with E-state index >= 15 is 0 Å².